The maximum absolute atomic E-state index is 12.8. The van der Waals surface area contributed by atoms with E-state index in [0.29, 0.717) is 19.6 Å². The highest BCUT2D eigenvalue weighted by Gasteiger charge is 2.26. The van der Waals surface area contributed by atoms with Crippen LogP contribution in [-0.2, 0) is 24.2 Å². The monoisotopic (exact) mass is 434 g/mol. The Balaban J connectivity index is 1.29. The summed E-state index contributed by atoms with van der Waals surface area (Å²) in [4.78, 5) is 15.1. The number of benzene rings is 2. The Bertz CT molecular complexity index is 988. The molecule has 168 valence electrons. The normalized spacial score (nSPS) is 15.1. The number of methoxy groups -OCH3 is 1. The molecule has 3 aromatic rings. The van der Waals surface area contributed by atoms with Crippen LogP contribution in [0.1, 0.15) is 16.9 Å². The number of nitrogens with zero attached hydrogens (tertiary/aromatic N) is 1. The van der Waals surface area contributed by atoms with Gasteiger partial charge in [-0.05, 0) is 54.3 Å². The maximum Gasteiger partial charge on any atom is 0.226 e. The fourth-order valence-corrected chi connectivity index (χ4v) is 3.97. The molecule has 1 unspecified atom stereocenters. The van der Waals surface area contributed by atoms with Crippen molar-refractivity contribution in [1.29, 1.82) is 0 Å². The van der Waals surface area contributed by atoms with Gasteiger partial charge in [-0.2, -0.15) is 0 Å². The fraction of sp³-hybridized carbons (Fsp3) is 0.346. The van der Waals surface area contributed by atoms with E-state index >= 15 is 0 Å². The first-order valence-electron chi connectivity index (χ1n) is 11.1. The number of hydrogen-bond acceptors (Lipinski definition) is 5. The third-order valence-corrected chi connectivity index (χ3v) is 5.79. The summed E-state index contributed by atoms with van der Waals surface area (Å²) in [7, 11) is 1.64. The molecule has 0 spiro atoms. The summed E-state index contributed by atoms with van der Waals surface area (Å²) < 4.78 is 16.6. The van der Waals surface area contributed by atoms with Gasteiger partial charge in [-0.15, -0.1) is 0 Å². The summed E-state index contributed by atoms with van der Waals surface area (Å²) in [6.45, 7) is 3.33. The first kappa shape index (κ1) is 22.0. The van der Waals surface area contributed by atoms with E-state index in [1.807, 2.05) is 36.4 Å². The molecule has 0 saturated heterocycles. The van der Waals surface area contributed by atoms with Gasteiger partial charge in [-0.1, -0.05) is 30.3 Å². The highest BCUT2D eigenvalue weighted by Crippen LogP contribution is 2.30. The Morgan fingerprint density at radius 3 is 2.78 bits per heavy atom. The minimum absolute atomic E-state index is 0.0273. The Hall–Kier alpha value is -3.25. The van der Waals surface area contributed by atoms with Crippen molar-refractivity contribution in [3.8, 4) is 11.5 Å². The molecule has 6 heteroatoms. The molecule has 1 N–H and O–H groups in total. The summed E-state index contributed by atoms with van der Waals surface area (Å²) in [5.74, 6) is 2.37. The van der Waals surface area contributed by atoms with E-state index in [1.54, 1.807) is 13.4 Å². The quantitative estimate of drug-likeness (QED) is 0.527. The van der Waals surface area contributed by atoms with E-state index in [1.165, 1.54) is 5.56 Å². The lowest BCUT2D eigenvalue weighted by Gasteiger charge is -2.26. The average Bonchev–Trinajstić information content (AvgIpc) is 3.35. The molecule has 1 aliphatic rings. The zero-order chi connectivity index (χ0) is 22.2. The summed E-state index contributed by atoms with van der Waals surface area (Å²) >= 11 is 0. The molecule has 1 aromatic heterocycles. The van der Waals surface area contributed by atoms with Gasteiger partial charge in [-0.25, -0.2) is 0 Å². The topological polar surface area (TPSA) is 63.9 Å². The first-order chi connectivity index (χ1) is 15.7. The molecule has 0 saturated carbocycles. The van der Waals surface area contributed by atoms with E-state index in [9.17, 15) is 4.79 Å². The minimum atomic E-state index is -0.197. The molecule has 4 rings (SSSR count). The molecule has 2 aromatic carbocycles. The van der Waals surface area contributed by atoms with E-state index < -0.39 is 0 Å². The lowest BCUT2D eigenvalue weighted by Crippen LogP contribution is -2.41. The molecule has 1 amide bonds. The number of carbonyl (C=O) groups excluding carboxylic acids is 1. The number of nitrogens with one attached hydrogen (secondary N) is 1. The van der Waals surface area contributed by atoms with Crippen molar-refractivity contribution in [3.05, 3.63) is 83.8 Å². The summed E-state index contributed by atoms with van der Waals surface area (Å²) in [5.41, 5.74) is 2.31. The third kappa shape index (κ3) is 5.92. The standard InChI is InChI=1S/C26H30N2O4/c1-30-23-9-10-25-21(17-23)16-22(19-32-25)26(29)27-12-14-28(18-24-8-5-15-31-24)13-11-20-6-3-2-4-7-20/h2-10,15,17,22H,11-14,16,18-19H2,1H3,(H,27,29). The van der Waals surface area contributed by atoms with Crippen LogP contribution in [0.2, 0.25) is 0 Å². The largest absolute Gasteiger partial charge is 0.497 e. The van der Waals surface area contributed by atoms with Gasteiger partial charge in [0.15, 0.2) is 0 Å². The fourth-order valence-electron chi connectivity index (χ4n) is 3.97. The second kappa shape index (κ2) is 10.9. The number of hydrogen-bond donors (Lipinski definition) is 1. The molecule has 2 heterocycles. The average molecular weight is 435 g/mol. The first-order valence-corrected chi connectivity index (χ1v) is 11.1. The molecule has 0 bridgehead atoms. The van der Waals surface area contributed by atoms with E-state index in [4.69, 9.17) is 13.9 Å². The predicted octanol–water partition coefficient (Wildman–Crippen LogP) is 3.70. The second-order valence-electron chi connectivity index (χ2n) is 8.07. The number of ether oxygens (including phenoxy) is 2. The van der Waals surface area contributed by atoms with Gasteiger partial charge in [0.25, 0.3) is 0 Å². The molecular formula is C26H30N2O4. The smallest absolute Gasteiger partial charge is 0.226 e. The summed E-state index contributed by atoms with van der Waals surface area (Å²) in [5, 5.41) is 3.10. The lowest BCUT2D eigenvalue weighted by atomic mass is 9.96. The van der Waals surface area contributed by atoms with Gasteiger partial charge in [0, 0.05) is 19.6 Å². The third-order valence-electron chi connectivity index (χ3n) is 5.79. The molecular weight excluding hydrogens is 404 g/mol. The molecule has 6 nitrogen and oxygen atoms in total. The Labute approximate surface area is 189 Å². The highest BCUT2D eigenvalue weighted by atomic mass is 16.5. The molecule has 1 atom stereocenters. The van der Waals surface area contributed by atoms with Crippen LogP contribution in [0.5, 0.6) is 11.5 Å². The Kier molecular flexibility index (Phi) is 7.46. The van der Waals surface area contributed by atoms with Crippen LogP contribution >= 0.6 is 0 Å². The van der Waals surface area contributed by atoms with Crippen molar-refractivity contribution < 1.29 is 18.7 Å². The SMILES string of the molecule is COc1ccc2c(c1)CC(C(=O)NCCN(CCc1ccccc1)Cc1ccco1)CO2. The van der Waals surface area contributed by atoms with Crippen LogP contribution in [0.15, 0.2) is 71.3 Å². The molecule has 32 heavy (non-hydrogen) atoms. The van der Waals surface area contributed by atoms with Gasteiger partial charge < -0.3 is 19.2 Å². The molecule has 0 aliphatic carbocycles. The van der Waals surface area contributed by atoms with Crippen molar-refractivity contribution in [2.45, 2.75) is 19.4 Å². The van der Waals surface area contributed by atoms with Crippen molar-refractivity contribution in [3.63, 3.8) is 0 Å². The van der Waals surface area contributed by atoms with Crippen molar-refractivity contribution in [2.24, 2.45) is 5.92 Å². The lowest BCUT2D eigenvalue weighted by molar-refractivity contribution is -0.126. The zero-order valence-corrected chi connectivity index (χ0v) is 18.5. The van der Waals surface area contributed by atoms with Gasteiger partial charge in [0.2, 0.25) is 5.91 Å². The van der Waals surface area contributed by atoms with E-state index in [2.05, 4.69) is 34.5 Å². The highest BCUT2D eigenvalue weighted by molar-refractivity contribution is 5.79. The van der Waals surface area contributed by atoms with Crippen LogP contribution in [0.4, 0.5) is 0 Å². The minimum Gasteiger partial charge on any atom is -0.497 e. The van der Waals surface area contributed by atoms with Crippen LogP contribution in [0.3, 0.4) is 0 Å². The summed E-state index contributed by atoms with van der Waals surface area (Å²) in [6.07, 6.45) is 3.30. The van der Waals surface area contributed by atoms with Gasteiger partial charge in [-0.3, -0.25) is 9.69 Å². The van der Waals surface area contributed by atoms with Crippen molar-refractivity contribution in [2.75, 3.05) is 33.4 Å². The molecule has 1 aliphatic heterocycles. The second-order valence-corrected chi connectivity index (χ2v) is 8.07. The number of furan rings is 1. The van der Waals surface area contributed by atoms with Crippen molar-refractivity contribution >= 4 is 5.91 Å². The Morgan fingerprint density at radius 2 is 2.00 bits per heavy atom. The van der Waals surface area contributed by atoms with Gasteiger partial charge in [0.1, 0.15) is 23.9 Å². The van der Waals surface area contributed by atoms with Crippen LogP contribution in [0, 0.1) is 5.92 Å². The molecule has 0 fully saturated rings. The van der Waals surface area contributed by atoms with Gasteiger partial charge in [0.05, 0.1) is 25.8 Å². The number of rotatable bonds is 10. The van der Waals surface area contributed by atoms with E-state index in [-0.39, 0.29) is 11.8 Å². The molecule has 0 radical (unpaired) electrons. The number of carbonyl (C=O) groups is 1. The van der Waals surface area contributed by atoms with Crippen LogP contribution in [-0.4, -0.2) is 44.2 Å². The van der Waals surface area contributed by atoms with Crippen LogP contribution in [0.25, 0.3) is 0 Å². The predicted molar refractivity (Wildman–Crippen MR) is 123 cm³/mol. The Morgan fingerprint density at radius 1 is 1.12 bits per heavy atom. The van der Waals surface area contributed by atoms with E-state index in [0.717, 1.165) is 48.9 Å². The number of amides is 1. The maximum atomic E-state index is 12.8. The zero-order valence-electron chi connectivity index (χ0n) is 18.5. The van der Waals surface area contributed by atoms with Gasteiger partial charge >= 0.3 is 0 Å². The summed E-state index contributed by atoms with van der Waals surface area (Å²) in [6, 6.07) is 20.1. The van der Waals surface area contributed by atoms with Crippen LogP contribution < -0.4 is 14.8 Å². The number of fused-ring (bicyclic) bond motifs is 1. The van der Waals surface area contributed by atoms with Crippen molar-refractivity contribution in [1.82, 2.24) is 10.2 Å².